The van der Waals surface area contributed by atoms with Crippen LogP contribution in [0.1, 0.15) is 28.7 Å². The molecule has 0 unspecified atom stereocenters. The Labute approximate surface area is 190 Å². The highest BCUT2D eigenvalue weighted by molar-refractivity contribution is 7.92. The van der Waals surface area contributed by atoms with Crippen molar-refractivity contribution >= 4 is 15.7 Å². The number of fused-ring (bicyclic) bond motifs is 1. The number of sulfonamides is 1. The lowest BCUT2D eigenvalue weighted by Gasteiger charge is -2.35. The average molecular weight is 444 g/mol. The molecule has 1 aliphatic rings. The molecule has 0 amide bonds. The molecule has 0 radical (unpaired) electrons. The van der Waals surface area contributed by atoms with Crippen LogP contribution in [0.2, 0.25) is 0 Å². The summed E-state index contributed by atoms with van der Waals surface area (Å²) in [6.07, 6.45) is 6.72. The molecule has 0 aromatic heterocycles. The zero-order valence-electron chi connectivity index (χ0n) is 17.9. The molecule has 4 nitrogen and oxygen atoms in total. The summed E-state index contributed by atoms with van der Waals surface area (Å²) in [5.74, 6) is 2.25. The molecule has 5 heteroatoms. The summed E-state index contributed by atoms with van der Waals surface area (Å²) in [6.45, 7) is 6.02. The number of aryl methyl sites for hydroxylation is 1. The summed E-state index contributed by atoms with van der Waals surface area (Å²) in [5.41, 5.74) is 3.38. The van der Waals surface area contributed by atoms with E-state index in [9.17, 15) is 8.42 Å². The molecule has 0 bridgehead atoms. The molecule has 162 valence electrons. The van der Waals surface area contributed by atoms with Gasteiger partial charge in [-0.3, -0.25) is 4.31 Å². The fourth-order valence-corrected chi connectivity index (χ4v) is 6.02. The quantitative estimate of drug-likeness (QED) is 0.371. The van der Waals surface area contributed by atoms with Crippen LogP contribution in [0.15, 0.2) is 96.4 Å². The number of benzene rings is 3. The second-order valence-corrected chi connectivity index (χ2v) is 9.59. The van der Waals surface area contributed by atoms with Crippen molar-refractivity contribution in [2.75, 3.05) is 10.9 Å². The van der Waals surface area contributed by atoms with E-state index in [1.54, 1.807) is 30.3 Å². The van der Waals surface area contributed by atoms with Crippen LogP contribution in [-0.2, 0) is 14.8 Å². The van der Waals surface area contributed by atoms with Crippen molar-refractivity contribution < 1.29 is 13.2 Å². The Balaban J connectivity index is 1.92. The topological polar surface area (TPSA) is 46.6 Å². The molecule has 3 atom stereocenters. The molecule has 0 fully saturated rings. The number of nitrogens with zero attached hydrogens (tertiary/aromatic N) is 1. The lowest BCUT2D eigenvalue weighted by Crippen LogP contribution is -2.43. The largest absolute Gasteiger partial charge is 0.359 e. The summed E-state index contributed by atoms with van der Waals surface area (Å²) in [7, 11) is -3.89. The van der Waals surface area contributed by atoms with Gasteiger partial charge in [0.05, 0.1) is 16.6 Å². The van der Waals surface area contributed by atoms with Gasteiger partial charge in [-0.2, -0.15) is 0 Å². The van der Waals surface area contributed by atoms with Crippen LogP contribution in [0, 0.1) is 19.3 Å². The second kappa shape index (κ2) is 9.04. The van der Waals surface area contributed by atoms with Crippen molar-refractivity contribution in [3.8, 4) is 12.3 Å². The normalized spacial score (nSPS) is 18.6. The molecule has 3 aromatic carbocycles. The molecule has 4 rings (SSSR count). The third kappa shape index (κ3) is 3.84. The van der Waals surface area contributed by atoms with Gasteiger partial charge in [0.1, 0.15) is 12.7 Å². The Kier molecular flexibility index (Phi) is 6.18. The van der Waals surface area contributed by atoms with Gasteiger partial charge in [-0.15, -0.1) is 13.0 Å². The molecule has 0 aliphatic carbocycles. The highest BCUT2D eigenvalue weighted by atomic mass is 32.2. The zero-order valence-corrected chi connectivity index (χ0v) is 18.7. The van der Waals surface area contributed by atoms with Crippen LogP contribution in [0.25, 0.3) is 0 Å². The Hall–Kier alpha value is -3.33. The van der Waals surface area contributed by atoms with Crippen molar-refractivity contribution in [2.45, 2.75) is 29.9 Å². The van der Waals surface area contributed by atoms with E-state index in [0.29, 0.717) is 5.69 Å². The number of ether oxygens (including phenoxy) is 1. The Morgan fingerprint density at radius 2 is 1.72 bits per heavy atom. The van der Waals surface area contributed by atoms with Gasteiger partial charge in [-0.1, -0.05) is 78.2 Å². The minimum absolute atomic E-state index is 0.0642. The van der Waals surface area contributed by atoms with Gasteiger partial charge in [-0.05, 0) is 36.2 Å². The van der Waals surface area contributed by atoms with Gasteiger partial charge < -0.3 is 4.74 Å². The van der Waals surface area contributed by atoms with Gasteiger partial charge in [-0.25, -0.2) is 8.42 Å². The van der Waals surface area contributed by atoms with Gasteiger partial charge in [0.15, 0.2) is 0 Å². The van der Waals surface area contributed by atoms with E-state index in [0.717, 1.165) is 16.7 Å². The summed E-state index contributed by atoms with van der Waals surface area (Å²) in [6, 6.07) is 23.5. The van der Waals surface area contributed by atoms with Crippen molar-refractivity contribution in [3.05, 3.63) is 108 Å². The van der Waals surface area contributed by atoms with E-state index in [1.807, 2.05) is 61.5 Å². The van der Waals surface area contributed by atoms with Gasteiger partial charge in [0.25, 0.3) is 10.0 Å². The molecule has 3 aromatic rings. The summed E-state index contributed by atoms with van der Waals surface area (Å²) in [5, 5.41) is 0. The molecule has 1 aliphatic heterocycles. The van der Waals surface area contributed by atoms with Crippen molar-refractivity contribution in [1.29, 1.82) is 0 Å². The maximum Gasteiger partial charge on any atom is 0.264 e. The van der Waals surface area contributed by atoms with Crippen LogP contribution in [-0.4, -0.2) is 21.1 Å². The highest BCUT2D eigenvalue weighted by Gasteiger charge is 2.48. The lowest BCUT2D eigenvalue weighted by atomic mass is 9.89. The molecule has 0 saturated heterocycles. The smallest absolute Gasteiger partial charge is 0.264 e. The summed E-state index contributed by atoms with van der Waals surface area (Å²) in [4.78, 5) is 0.233. The second-order valence-electron chi connectivity index (χ2n) is 7.77. The number of terminal acetylenes is 1. The third-order valence-electron chi connectivity index (χ3n) is 5.79. The van der Waals surface area contributed by atoms with Crippen LogP contribution >= 0.6 is 0 Å². The van der Waals surface area contributed by atoms with Crippen LogP contribution in [0.3, 0.4) is 0 Å². The van der Waals surface area contributed by atoms with Gasteiger partial charge >= 0.3 is 0 Å². The maximum atomic E-state index is 14.0. The Morgan fingerprint density at radius 3 is 2.38 bits per heavy atom. The first-order valence-corrected chi connectivity index (χ1v) is 11.9. The first-order chi connectivity index (χ1) is 15.5. The number of rotatable bonds is 7. The fourth-order valence-electron chi connectivity index (χ4n) is 4.32. The van der Waals surface area contributed by atoms with E-state index in [2.05, 4.69) is 12.5 Å². The minimum atomic E-state index is -3.89. The summed E-state index contributed by atoms with van der Waals surface area (Å²) >= 11 is 0. The van der Waals surface area contributed by atoms with E-state index in [-0.39, 0.29) is 17.4 Å². The van der Waals surface area contributed by atoms with Gasteiger partial charge in [0.2, 0.25) is 0 Å². The van der Waals surface area contributed by atoms with Crippen molar-refractivity contribution in [3.63, 3.8) is 0 Å². The number of hydrogen-bond donors (Lipinski definition) is 0. The minimum Gasteiger partial charge on any atom is -0.359 e. The molecule has 0 spiro atoms. The van der Waals surface area contributed by atoms with Crippen LogP contribution < -0.4 is 4.31 Å². The zero-order chi connectivity index (χ0) is 22.7. The first kappa shape index (κ1) is 21.9. The monoisotopic (exact) mass is 443 g/mol. The third-order valence-corrected chi connectivity index (χ3v) is 7.61. The van der Waals surface area contributed by atoms with E-state index < -0.39 is 22.2 Å². The Morgan fingerprint density at radius 1 is 1.06 bits per heavy atom. The standard InChI is InChI=1S/C27H25NO3S/c1-4-19-31-27(21-11-7-6-8-12-21)26-23(5-2)24-13-9-10-14-25(24)28(26)32(29,30)22-17-15-20(3)16-18-22/h1,5-18,23,26-27H,2,19H2,3H3/t23-,26-,27-/m1/s1. The molecule has 1 heterocycles. The molecule has 32 heavy (non-hydrogen) atoms. The van der Waals surface area contributed by atoms with Crippen LogP contribution in [0.5, 0.6) is 0 Å². The molecule has 0 saturated carbocycles. The van der Waals surface area contributed by atoms with E-state index in [4.69, 9.17) is 11.2 Å². The Bertz CT molecular complexity index is 1240. The fraction of sp³-hybridized carbons (Fsp3) is 0.185. The van der Waals surface area contributed by atoms with Crippen LogP contribution in [0.4, 0.5) is 5.69 Å². The SMILES string of the molecule is C#CCO[C@H](c1ccccc1)[C@H]1[C@H](C=C)c2ccccc2N1S(=O)(=O)c1ccc(C)cc1. The van der Waals surface area contributed by atoms with E-state index in [1.165, 1.54) is 4.31 Å². The predicted molar refractivity (Wildman–Crippen MR) is 128 cm³/mol. The highest BCUT2D eigenvalue weighted by Crippen LogP contribution is 2.49. The maximum absolute atomic E-state index is 14.0. The van der Waals surface area contributed by atoms with Crippen molar-refractivity contribution in [1.82, 2.24) is 0 Å². The number of hydrogen-bond acceptors (Lipinski definition) is 3. The number of para-hydroxylation sites is 1. The van der Waals surface area contributed by atoms with E-state index >= 15 is 0 Å². The molecular formula is C27H25NO3S. The lowest BCUT2D eigenvalue weighted by molar-refractivity contribution is 0.0572. The first-order valence-electron chi connectivity index (χ1n) is 10.4. The summed E-state index contributed by atoms with van der Waals surface area (Å²) < 4.78 is 35.6. The molecular weight excluding hydrogens is 418 g/mol. The van der Waals surface area contributed by atoms with Gasteiger partial charge in [0, 0.05) is 5.92 Å². The number of anilines is 1. The average Bonchev–Trinajstić information content (AvgIpc) is 3.15. The predicted octanol–water partition coefficient (Wildman–Crippen LogP) is 5.23. The van der Waals surface area contributed by atoms with Crippen molar-refractivity contribution in [2.24, 2.45) is 0 Å². The molecule has 0 N–H and O–H groups in total.